The zero-order valence-electron chi connectivity index (χ0n) is 17.1. The van der Waals surface area contributed by atoms with Crippen LogP contribution in [0, 0.1) is 0 Å². The third-order valence-electron chi connectivity index (χ3n) is 4.03. The molecule has 1 unspecified atom stereocenters. The normalized spacial score (nSPS) is 11.9. The summed E-state index contributed by atoms with van der Waals surface area (Å²) in [6.07, 6.45) is 2.69. The number of aromatic nitrogens is 2. The van der Waals surface area contributed by atoms with E-state index in [4.69, 9.17) is 11.6 Å². The largest absolute Gasteiger partial charge is 0.349 e. The SMILES string of the molecule is C=CCSc1nnc(NC(=O)CCC(=O)NC(CCN(C)C)c2ccc(Cl)cc2)s1. The first kappa shape index (κ1) is 24.3. The lowest BCUT2D eigenvalue weighted by atomic mass is 10.0. The van der Waals surface area contributed by atoms with Crippen molar-refractivity contribution in [1.29, 1.82) is 0 Å². The molecule has 10 heteroatoms. The Hall–Kier alpha value is -1.94. The van der Waals surface area contributed by atoms with Gasteiger partial charge in [0, 0.05) is 23.6 Å². The predicted octanol–water partition coefficient (Wildman–Crippen LogP) is 4.00. The maximum absolute atomic E-state index is 12.4. The topological polar surface area (TPSA) is 87.2 Å². The molecule has 0 aliphatic heterocycles. The first-order valence-electron chi connectivity index (χ1n) is 9.44. The Bertz CT molecular complexity index is 842. The molecule has 0 aliphatic carbocycles. The van der Waals surface area contributed by atoms with Crippen molar-refractivity contribution in [2.24, 2.45) is 0 Å². The molecule has 0 bridgehead atoms. The second kappa shape index (κ2) is 12.7. The van der Waals surface area contributed by atoms with Gasteiger partial charge in [-0.1, -0.05) is 52.9 Å². The van der Waals surface area contributed by atoms with Crippen molar-refractivity contribution < 1.29 is 9.59 Å². The van der Waals surface area contributed by atoms with Crippen molar-refractivity contribution >= 4 is 51.6 Å². The molecule has 0 saturated carbocycles. The van der Waals surface area contributed by atoms with Gasteiger partial charge < -0.3 is 15.5 Å². The van der Waals surface area contributed by atoms with E-state index in [9.17, 15) is 9.59 Å². The summed E-state index contributed by atoms with van der Waals surface area (Å²) in [5, 5.41) is 14.7. The van der Waals surface area contributed by atoms with Gasteiger partial charge in [-0.25, -0.2) is 0 Å². The molecule has 30 heavy (non-hydrogen) atoms. The van der Waals surface area contributed by atoms with Crippen LogP contribution in [0.2, 0.25) is 5.02 Å². The van der Waals surface area contributed by atoms with Crippen molar-refractivity contribution in [3.05, 3.63) is 47.5 Å². The van der Waals surface area contributed by atoms with Gasteiger partial charge in [0.25, 0.3) is 0 Å². The zero-order valence-corrected chi connectivity index (χ0v) is 19.4. The molecule has 162 valence electrons. The molecular formula is C20H26ClN5O2S2. The number of anilines is 1. The summed E-state index contributed by atoms with van der Waals surface area (Å²) in [7, 11) is 3.97. The smallest absolute Gasteiger partial charge is 0.226 e. The van der Waals surface area contributed by atoms with E-state index in [0.29, 0.717) is 10.2 Å². The molecule has 1 atom stereocenters. The van der Waals surface area contributed by atoms with E-state index in [0.717, 1.165) is 28.6 Å². The van der Waals surface area contributed by atoms with Gasteiger partial charge >= 0.3 is 0 Å². The average molecular weight is 468 g/mol. The van der Waals surface area contributed by atoms with Gasteiger partial charge in [0.1, 0.15) is 0 Å². The maximum Gasteiger partial charge on any atom is 0.226 e. The maximum atomic E-state index is 12.4. The summed E-state index contributed by atoms with van der Waals surface area (Å²) in [6.45, 7) is 4.47. The fourth-order valence-corrected chi connectivity index (χ4v) is 4.18. The molecule has 0 spiro atoms. The fraction of sp³-hybridized carbons (Fsp3) is 0.400. The number of hydrogen-bond acceptors (Lipinski definition) is 7. The van der Waals surface area contributed by atoms with Crippen LogP contribution >= 0.6 is 34.7 Å². The van der Waals surface area contributed by atoms with Crippen molar-refractivity contribution in [2.45, 2.75) is 29.6 Å². The molecular weight excluding hydrogens is 442 g/mol. The van der Waals surface area contributed by atoms with Crippen LogP contribution < -0.4 is 10.6 Å². The Labute approximate surface area is 190 Å². The molecule has 2 amide bonds. The Morgan fingerprint density at radius 3 is 2.60 bits per heavy atom. The Kier molecular flexibility index (Phi) is 10.3. The summed E-state index contributed by atoms with van der Waals surface area (Å²) in [4.78, 5) is 26.7. The van der Waals surface area contributed by atoms with Crippen LogP contribution in [0.5, 0.6) is 0 Å². The van der Waals surface area contributed by atoms with Crippen molar-refractivity contribution in [2.75, 3.05) is 31.7 Å². The number of carbonyl (C=O) groups is 2. The van der Waals surface area contributed by atoms with E-state index >= 15 is 0 Å². The highest BCUT2D eigenvalue weighted by Gasteiger charge is 2.16. The highest BCUT2D eigenvalue weighted by atomic mass is 35.5. The Morgan fingerprint density at radius 2 is 1.93 bits per heavy atom. The van der Waals surface area contributed by atoms with E-state index in [2.05, 4.69) is 32.3 Å². The minimum Gasteiger partial charge on any atom is -0.349 e. The molecule has 2 aromatic rings. The standard InChI is InChI=1S/C20H26ClN5O2S2/c1-4-13-29-20-25-24-19(30-20)23-18(28)10-9-17(27)22-16(11-12-26(2)3)14-5-7-15(21)8-6-14/h4-8,16H,1,9-13H2,2-3H3,(H,22,27)(H,23,24,28). The fourth-order valence-electron chi connectivity index (χ4n) is 2.53. The van der Waals surface area contributed by atoms with Crippen LogP contribution in [0.25, 0.3) is 0 Å². The number of halogens is 1. The average Bonchev–Trinajstić information content (AvgIpc) is 3.15. The molecule has 2 rings (SSSR count). The molecule has 1 aromatic carbocycles. The molecule has 0 aliphatic rings. The number of amides is 2. The number of nitrogens with zero attached hydrogens (tertiary/aromatic N) is 3. The minimum absolute atomic E-state index is 0.0710. The third kappa shape index (κ3) is 8.83. The first-order valence-corrected chi connectivity index (χ1v) is 11.6. The quantitative estimate of drug-likeness (QED) is 0.279. The summed E-state index contributed by atoms with van der Waals surface area (Å²) < 4.78 is 0.759. The number of carbonyl (C=O) groups excluding carboxylic acids is 2. The first-order chi connectivity index (χ1) is 14.4. The number of hydrogen-bond donors (Lipinski definition) is 2. The summed E-state index contributed by atoms with van der Waals surface area (Å²) >= 11 is 8.77. The van der Waals surface area contributed by atoms with Crippen LogP contribution in [-0.4, -0.2) is 53.3 Å². The van der Waals surface area contributed by atoms with Gasteiger partial charge in [0.05, 0.1) is 6.04 Å². The number of thioether (sulfide) groups is 1. The van der Waals surface area contributed by atoms with Gasteiger partial charge in [-0.05, 0) is 44.8 Å². The number of nitrogens with one attached hydrogen (secondary N) is 2. The van der Waals surface area contributed by atoms with E-state index in [1.807, 2.05) is 38.4 Å². The van der Waals surface area contributed by atoms with Gasteiger partial charge in [-0.15, -0.1) is 16.8 Å². The molecule has 1 heterocycles. The van der Waals surface area contributed by atoms with Crippen molar-refractivity contribution in [1.82, 2.24) is 20.4 Å². The molecule has 1 aromatic heterocycles. The number of rotatable bonds is 12. The highest BCUT2D eigenvalue weighted by molar-refractivity contribution is 8.01. The summed E-state index contributed by atoms with van der Waals surface area (Å²) in [6, 6.07) is 7.29. The van der Waals surface area contributed by atoms with Crippen LogP contribution in [0.1, 0.15) is 30.9 Å². The van der Waals surface area contributed by atoms with Crippen LogP contribution in [0.4, 0.5) is 5.13 Å². The Balaban J connectivity index is 1.85. The van der Waals surface area contributed by atoms with Crippen molar-refractivity contribution in [3.8, 4) is 0 Å². The Morgan fingerprint density at radius 1 is 1.23 bits per heavy atom. The van der Waals surface area contributed by atoms with Crippen LogP contribution in [-0.2, 0) is 9.59 Å². The molecule has 0 radical (unpaired) electrons. The predicted molar refractivity (Wildman–Crippen MR) is 124 cm³/mol. The van der Waals surface area contributed by atoms with E-state index in [1.165, 1.54) is 23.1 Å². The molecule has 0 fully saturated rings. The summed E-state index contributed by atoms with van der Waals surface area (Å²) in [5.41, 5.74) is 0.984. The van der Waals surface area contributed by atoms with Gasteiger partial charge in [-0.3, -0.25) is 9.59 Å². The van der Waals surface area contributed by atoms with Crippen molar-refractivity contribution in [3.63, 3.8) is 0 Å². The van der Waals surface area contributed by atoms with E-state index < -0.39 is 0 Å². The van der Waals surface area contributed by atoms with E-state index in [-0.39, 0.29) is 30.7 Å². The second-order valence-corrected chi connectivity index (χ2v) is 9.47. The van der Waals surface area contributed by atoms with Crippen LogP contribution in [0.15, 0.2) is 41.3 Å². The van der Waals surface area contributed by atoms with E-state index in [1.54, 1.807) is 6.08 Å². The molecule has 0 saturated heterocycles. The monoisotopic (exact) mass is 467 g/mol. The highest BCUT2D eigenvalue weighted by Crippen LogP contribution is 2.25. The minimum atomic E-state index is -0.266. The van der Waals surface area contributed by atoms with Gasteiger partial charge in [0.2, 0.25) is 16.9 Å². The summed E-state index contributed by atoms with van der Waals surface area (Å²) in [5.74, 6) is 0.284. The zero-order chi connectivity index (χ0) is 21.9. The second-order valence-electron chi connectivity index (χ2n) is 6.78. The molecule has 2 N–H and O–H groups in total. The molecule has 7 nitrogen and oxygen atoms in total. The number of benzene rings is 1. The van der Waals surface area contributed by atoms with Crippen LogP contribution in [0.3, 0.4) is 0 Å². The van der Waals surface area contributed by atoms with Gasteiger partial charge in [0.15, 0.2) is 4.34 Å². The lowest BCUT2D eigenvalue weighted by molar-refractivity contribution is -0.125. The lowest BCUT2D eigenvalue weighted by Gasteiger charge is -2.21. The third-order valence-corrected chi connectivity index (χ3v) is 6.25. The lowest BCUT2D eigenvalue weighted by Crippen LogP contribution is -2.31. The van der Waals surface area contributed by atoms with Gasteiger partial charge in [-0.2, -0.15) is 0 Å².